The first-order valence-corrected chi connectivity index (χ1v) is 6.93. The number of benzene rings is 2. The SMILES string of the molecule is CNC(Cc1ccc(F)c(F)c1)Cc1c(F)cccc1Cl. The Morgan fingerprint density at radius 1 is 1.00 bits per heavy atom. The molecular formula is C16H15ClF3N. The second-order valence-electron chi connectivity index (χ2n) is 4.84. The fourth-order valence-electron chi connectivity index (χ4n) is 2.20. The molecule has 5 heteroatoms. The number of hydrogen-bond acceptors (Lipinski definition) is 1. The van der Waals surface area contributed by atoms with Crippen molar-refractivity contribution in [1.82, 2.24) is 5.32 Å². The van der Waals surface area contributed by atoms with E-state index in [9.17, 15) is 13.2 Å². The quantitative estimate of drug-likeness (QED) is 0.875. The van der Waals surface area contributed by atoms with Gasteiger partial charge < -0.3 is 5.32 Å². The van der Waals surface area contributed by atoms with E-state index < -0.39 is 11.6 Å². The molecule has 0 aliphatic rings. The van der Waals surface area contributed by atoms with Gasteiger partial charge in [-0.1, -0.05) is 23.7 Å². The van der Waals surface area contributed by atoms with E-state index in [4.69, 9.17) is 11.6 Å². The van der Waals surface area contributed by atoms with Gasteiger partial charge in [-0.2, -0.15) is 0 Å². The van der Waals surface area contributed by atoms with Gasteiger partial charge in [0.2, 0.25) is 0 Å². The van der Waals surface area contributed by atoms with Crippen molar-refractivity contribution in [2.75, 3.05) is 7.05 Å². The average molecular weight is 314 g/mol. The molecule has 0 aliphatic carbocycles. The van der Waals surface area contributed by atoms with Crippen LogP contribution in [0.5, 0.6) is 0 Å². The smallest absolute Gasteiger partial charge is 0.159 e. The Labute approximate surface area is 126 Å². The van der Waals surface area contributed by atoms with Crippen molar-refractivity contribution >= 4 is 11.6 Å². The summed E-state index contributed by atoms with van der Waals surface area (Å²) < 4.78 is 39.9. The Kier molecular flexibility index (Phi) is 5.26. The lowest BCUT2D eigenvalue weighted by Crippen LogP contribution is -2.30. The molecule has 1 unspecified atom stereocenters. The molecule has 2 aromatic carbocycles. The number of hydrogen-bond donors (Lipinski definition) is 1. The van der Waals surface area contributed by atoms with E-state index in [2.05, 4.69) is 5.32 Å². The van der Waals surface area contributed by atoms with Crippen molar-refractivity contribution in [2.45, 2.75) is 18.9 Å². The summed E-state index contributed by atoms with van der Waals surface area (Å²) in [4.78, 5) is 0. The Morgan fingerprint density at radius 3 is 2.38 bits per heavy atom. The summed E-state index contributed by atoms with van der Waals surface area (Å²) in [6, 6.07) is 8.16. The van der Waals surface area contributed by atoms with Crippen LogP contribution in [0.2, 0.25) is 5.02 Å². The van der Waals surface area contributed by atoms with Crippen LogP contribution in [0.3, 0.4) is 0 Å². The second kappa shape index (κ2) is 6.96. The van der Waals surface area contributed by atoms with E-state index in [-0.39, 0.29) is 11.9 Å². The second-order valence-corrected chi connectivity index (χ2v) is 5.25. The Bertz CT molecular complexity index is 611. The van der Waals surface area contributed by atoms with Crippen LogP contribution < -0.4 is 5.32 Å². The molecular weight excluding hydrogens is 299 g/mol. The van der Waals surface area contributed by atoms with Crippen LogP contribution in [-0.4, -0.2) is 13.1 Å². The van der Waals surface area contributed by atoms with Crippen molar-refractivity contribution in [3.8, 4) is 0 Å². The summed E-state index contributed by atoms with van der Waals surface area (Å²) in [6.45, 7) is 0. The molecule has 0 saturated carbocycles. The van der Waals surface area contributed by atoms with Crippen molar-refractivity contribution < 1.29 is 13.2 Å². The summed E-state index contributed by atoms with van der Waals surface area (Å²) >= 11 is 6.00. The molecule has 21 heavy (non-hydrogen) atoms. The lowest BCUT2D eigenvalue weighted by atomic mass is 9.98. The Hall–Kier alpha value is -1.52. The van der Waals surface area contributed by atoms with Gasteiger partial charge in [0.1, 0.15) is 5.82 Å². The van der Waals surface area contributed by atoms with Crippen LogP contribution in [0.1, 0.15) is 11.1 Å². The van der Waals surface area contributed by atoms with E-state index in [1.807, 2.05) is 0 Å². The molecule has 0 fully saturated rings. The molecule has 2 rings (SSSR count). The topological polar surface area (TPSA) is 12.0 Å². The predicted molar refractivity (Wildman–Crippen MR) is 78.0 cm³/mol. The molecule has 0 amide bonds. The fourth-order valence-corrected chi connectivity index (χ4v) is 2.44. The third kappa shape index (κ3) is 3.99. The van der Waals surface area contributed by atoms with Gasteiger partial charge in [0.25, 0.3) is 0 Å². The predicted octanol–water partition coefficient (Wildman–Crippen LogP) is 4.13. The molecule has 1 nitrogen and oxygen atoms in total. The van der Waals surface area contributed by atoms with Gasteiger partial charge >= 0.3 is 0 Å². The van der Waals surface area contributed by atoms with E-state index in [1.165, 1.54) is 12.1 Å². The highest BCUT2D eigenvalue weighted by atomic mass is 35.5. The maximum Gasteiger partial charge on any atom is 0.159 e. The zero-order valence-electron chi connectivity index (χ0n) is 11.5. The van der Waals surface area contributed by atoms with Crippen LogP contribution in [0, 0.1) is 17.5 Å². The third-order valence-electron chi connectivity index (χ3n) is 3.39. The monoisotopic (exact) mass is 313 g/mol. The number of rotatable bonds is 5. The van der Waals surface area contributed by atoms with Gasteiger partial charge in [0.15, 0.2) is 11.6 Å². The summed E-state index contributed by atoms with van der Waals surface area (Å²) in [7, 11) is 1.74. The van der Waals surface area contributed by atoms with Gasteiger partial charge in [-0.25, -0.2) is 13.2 Å². The van der Waals surface area contributed by atoms with Crippen LogP contribution >= 0.6 is 11.6 Å². The minimum absolute atomic E-state index is 0.135. The van der Waals surface area contributed by atoms with Gasteiger partial charge in [0, 0.05) is 16.6 Å². The van der Waals surface area contributed by atoms with Crippen LogP contribution in [-0.2, 0) is 12.8 Å². The summed E-state index contributed by atoms with van der Waals surface area (Å²) in [5, 5.41) is 3.41. The first kappa shape index (κ1) is 15.9. The lowest BCUT2D eigenvalue weighted by Gasteiger charge is -2.17. The van der Waals surface area contributed by atoms with Crippen molar-refractivity contribution in [1.29, 1.82) is 0 Å². The molecule has 0 saturated heterocycles. The number of nitrogens with one attached hydrogen (secondary N) is 1. The zero-order valence-corrected chi connectivity index (χ0v) is 12.2. The summed E-state index contributed by atoms with van der Waals surface area (Å²) in [6.07, 6.45) is 0.805. The third-order valence-corrected chi connectivity index (χ3v) is 3.74. The number of likely N-dealkylation sites (N-methyl/N-ethyl adjacent to an activating group) is 1. The van der Waals surface area contributed by atoms with Crippen LogP contribution in [0.4, 0.5) is 13.2 Å². The Morgan fingerprint density at radius 2 is 1.76 bits per heavy atom. The fraction of sp³-hybridized carbons (Fsp3) is 0.250. The largest absolute Gasteiger partial charge is 0.316 e. The van der Waals surface area contributed by atoms with Gasteiger partial charge in [-0.3, -0.25) is 0 Å². The minimum Gasteiger partial charge on any atom is -0.316 e. The zero-order chi connectivity index (χ0) is 15.4. The van der Waals surface area contributed by atoms with Gasteiger partial charge in [0.05, 0.1) is 0 Å². The summed E-state index contributed by atoms with van der Waals surface area (Å²) in [5.41, 5.74) is 1.06. The van der Waals surface area contributed by atoms with E-state index >= 15 is 0 Å². The van der Waals surface area contributed by atoms with Crippen LogP contribution in [0.25, 0.3) is 0 Å². The van der Waals surface area contributed by atoms with Crippen molar-refractivity contribution in [3.05, 3.63) is 70.0 Å². The first-order chi connectivity index (χ1) is 10.0. The molecule has 1 atom stereocenters. The van der Waals surface area contributed by atoms with Crippen molar-refractivity contribution in [2.24, 2.45) is 0 Å². The lowest BCUT2D eigenvalue weighted by molar-refractivity contribution is 0.501. The molecule has 1 N–H and O–H groups in total. The first-order valence-electron chi connectivity index (χ1n) is 6.55. The molecule has 0 heterocycles. The highest BCUT2D eigenvalue weighted by Gasteiger charge is 2.15. The maximum absolute atomic E-state index is 13.8. The Balaban J connectivity index is 2.15. The molecule has 0 radical (unpaired) electrons. The molecule has 2 aromatic rings. The molecule has 112 valence electrons. The molecule has 0 spiro atoms. The minimum atomic E-state index is -0.883. The van der Waals surface area contributed by atoms with Gasteiger partial charge in [-0.05, 0) is 49.7 Å². The average Bonchev–Trinajstić information content (AvgIpc) is 2.45. The van der Waals surface area contributed by atoms with E-state index in [0.717, 1.165) is 12.1 Å². The number of halogens is 4. The molecule has 0 aromatic heterocycles. The maximum atomic E-state index is 13.8. The highest BCUT2D eigenvalue weighted by Crippen LogP contribution is 2.21. The summed E-state index contributed by atoms with van der Waals surface area (Å²) in [5.74, 6) is -2.13. The standard InChI is InChI=1S/C16H15ClF3N/c1-21-11(7-10-5-6-15(19)16(20)8-10)9-12-13(17)3-2-4-14(12)18/h2-6,8,11,21H,7,9H2,1H3. The molecule has 0 aliphatic heterocycles. The van der Waals surface area contributed by atoms with Crippen molar-refractivity contribution in [3.63, 3.8) is 0 Å². The van der Waals surface area contributed by atoms with E-state index in [1.54, 1.807) is 19.2 Å². The normalized spacial score (nSPS) is 12.4. The van der Waals surface area contributed by atoms with Gasteiger partial charge in [-0.15, -0.1) is 0 Å². The molecule has 0 bridgehead atoms. The van der Waals surface area contributed by atoms with E-state index in [0.29, 0.717) is 29.0 Å². The van der Waals surface area contributed by atoms with Crippen LogP contribution in [0.15, 0.2) is 36.4 Å². The highest BCUT2D eigenvalue weighted by molar-refractivity contribution is 6.31.